The Hall–Kier alpha value is -1.06. The molecule has 1 heterocycles. The van der Waals surface area contributed by atoms with E-state index in [-0.39, 0.29) is 12.4 Å². The first kappa shape index (κ1) is 19.3. The average molecular weight is 351 g/mol. The van der Waals surface area contributed by atoms with Crippen molar-refractivity contribution in [2.75, 3.05) is 13.1 Å². The lowest BCUT2D eigenvalue weighted by Crippen LogP contribution is -2.36. The number of benzene rings is 1. The normalized spacial score (nSPS) is 30.0. The van der Waals surface area contributed by atoms with E-state index >= 15 is 0 Å². The summed E-state index contributed by atoms with van der Waals surface area (Å²) < 4.78 is 0. The van der Waals surface area contributed by atoms with Gasteiger partial charge in [0.2, 0.25) is 5.91 Å². The molecule has 2 aliphatic rings. The number of amides is 1. The standard InChI is InChI=1S/C20H30N2O.ClH/c1-15-11-17(13-21)14-22(15)20(23)12-16-7-9-19(10-8-16)18-5-3-2-4-6-18;/h2-6,15-17,19H,7-14,21H2,1H3;1H. The first-order chi connectivity index (χ1) is 11.2. The monoisotopic (exact) mass is 350 g/mol. The summed E-state index contributed by atoms with van der Waals surface area (Å²) in [5.41, 5.74) is 7.24. The van der Waals surface area contributed by atoms with Gasteiger partial charge in [0.1, 0.15) is 0 Å². The molecule has 1 saturated heterocycles. The molecule has 3 nitrogen and oxygen atoms in total. The van der Waals surface area contributed by atoms with Crippen LogP contribution in [0.2, 0.25) is 0 Å². The van der Waals surface area contributed by atoms with Crippen molar-refractivity contribution >= 4 is 18.3 Å². The van der Waals surface area contributed by atoms with Crippen LogP contribution in [0.5, 0.6) is 0 Å². The van der Waals surface area contributed by atoms with E-state index in [1.165, 1.54) is 31.2 Å². The fourth-order valence-electron chi connectivity index (χ4n) is 4.45. The predicted molar refractivity (Wildman–Crippen MR) is 101 cm³/mol. The summed E-state index contributed by atoms with van der Waals surface area (Å²) in [5.74, 6) is 2.13. The van der Waals surface area contributed by atoms with Crippen molar-refractivity contribution in [1.82, 2.24) is 4.90 Å². The molecule has 1 aliphatic heterocycles. The summed E-state index contributed by atoms with van der Waals surface area (Å²) >= 11 is 0. The number of halogens is 1. The number of hydrogen-bond donors (Lipinski definition) is 1. The summed E-state index contributed by atoms with van der Waals surface area (Å²) in [5, 5.41) is 0. The third kappa shape index (κ3) is 4.52. The number of nitrogens with zero attached hydrogens (tertiary/aromatic N) is 1. The van der Waals surface area contributed by atoms with Crippen LogP contribution in [0.4, 0.5) is 0 Å². The molecule has 1 aromatic rings. The second-order valence-corrected chi connectivity index (χ2v) is 7.57. The zero-order chi connectivity index (χ0) is 16.2. The van der Waals surface area contributed by atoms with E-state index in [2.05, 4.69) is 42.2 Å². The molecule has 0 aromatic heterocycles. The quantitative estimate of drug-likeness (QED) is 0.893. The maximum absolute atomic E-state index is 12.6. The van der Waals surface area contributed by atoms with Gasteiger partial charge in [-0.3, -0.25) is 4.79 Å². The van der Waals surface area contributed by atoms with Crippen LogP contribution >= 0.6 is 12.4 Å². The van der Waals surface area contributed by atoms with Gasteiger partial charge in [-0.25, -0.2) is 0 Å². The molecule has 4 heteroatoms. The minimum atomic E-state index is 0. The molecule has 0 spiro atoms. The van der Waals surface area contributed by atoms with Crippen molar-refractivity contribution in [3.8, 4) is 0 Å². The zero-order valence-corrected chi connectivity index (χ0v) is 15.5. The molecule has 0 bridgehead atoms. The van der Waals surface area contributed by atoms with Crippen LogP contribution in [0.15, 0.2) is 30.3 Å². The van der Waals surface area contributed by atoms with Crippen molar-refractivity contribution in [3.63, 3.8) is 0 Å². The maximum atomic E-state index is 12.6. The SMILES string of the molecule is CC1CC(CN)CN1C(=O)CC1CCC(c2ccccc2)CC1.Cl. The van der Waals surface area contributed by atoms with Crippen LogP contribution in [0.3, 0.4) is 0 Å². The van der Waals surface area contributed by atoms with E-state index in [9.17, 15) is 4.79 Å². The molecule has 2 fully saturated rings. The predicted octanol–water partition coefficient (Wildman–Crippen LogP) is 3.97. The summed E-state index contributed by atoms with van der Waals surface area (Å²) in [6.45, 7) is 3.74. The first-order valence-electron chi connectivity index (χ1n) is 9.21. The van der Waals surface area contributed by atoms with Gasteiger partial charge in [0.25, 0.3) is 0 Å². The highest BCUT2D eigenvalue weighted by molar-refractivity contribution is 5.85. The fraction of sp³-hybridized carbons (Fsp3) is 0.650. The largest absolute Gasteiger partial charge is 0.340 e. The van der Waals surface area contributed by atoms with Gasteiger partial charge in [-0.05, 0) is 68.9 Å². The van der Waals surface area contributed by atoms with E-state index in [0.29, 0.717) is 36.2 Å². The highest BCUT2D eigenvalue weighted by Crippen LogP contribution is 2.37. The van der Waals surface area contributed by atoms with Gasteiger partial charge in [-0.1, -0.05) is 30.3 Å². The third-order valence-electron chi connectivity index (χ3n) is 5.90. The Bertz CT molecular complexity index is 514. The van der Waals surface area contributed by atoms with Gasteiger partial charge in [0, 0.05) is 19.0 Å². The van der Waals surface area contributed by atoms with Crippen molar-refractivity contribution < 1.29 is 4.79 Å². The molecule has 0 radical (unpaired) electrons. The molecule has 2 atom stereocenters. The van der Waals surface area contributed by atoms with E-state index in [0.717, 1.165) is 19.4 Å². The van der Waals surface area contributed by atoms with Gasteiger partial charge in [0.15, 0.2) is 0 Å². The van der Waals surface area contributed by atoms with E-state index < -0.39 is 0 Å². The van der Waals surface area contributed by atoms with Gasteiger partial charge in [-0.15, -0.1) is 12.4 Å². The molecule has 2 unspecified atom stereocenters. The highest BCUT2D eigenvalue weighted by Gasteiger charge is 2.33. The lowest BCUT2D eigenvalue weighted by Gasteiger charge is -2.30. The molecular formula is C20H31ClN2O. The minimum Gasteiger partial charge on any atom is -0.340 e. The molecule has 24 heavy (non-hydrogen) atoms. The number of hydrogen-bond acceptors (Lipinski definition) is 2. The molecule has 1 aliphatic carbocycles. The van der Waals surface area contributed by atoms with E-state index in [1.807, 2.05) is 0 Å². The zero-order valence-electron chi connectivity index (χ0n) is 14.7. The van der Waals surface area contributed by atoms with Gasteiger partial charge < -0.3 is 10.6 Å². The lowest BCUT2D eigenvalue weighted by molar-refractivity contribution is -0.133. The van der Waals surface area contributed by atoms with E-state index in [4.69, 9.17) is 5.73 Å². The fourth-order valence-corrected chi connectivity index (χ4v) is 4.45. The second kappa shape index (κ2) is 8.87. The summed E-state index contributed by atoms with van der Waals surface area (Å²) in [4.78, 5) is 14.7. The Balaban J connectivity index is 0.00000208. The van der Waals surface area contributed by atoms with Gasteiger partial charge >= 0.3 is 0 Å². The summed E-state index contributed by atoms with van der Waals surface area (Å²) in [7, 11) is 0. The van der Waals surface area contributed by atoms with Crippen LogP contribution in [-0.2, 0) is 4.79 Å². The summed E-state index contributed by atoms with van der Waals surface area (Å²) in [6.07, 6.45) is 6.64. The first-order valence-corrected chi connectivity index (χ1v) is 9.21. The number of carbonyl (C=O) groups excluding carboxylic acids is 1. The Morgan fingerprint density at radius 3 is 2.38 bits per heavy atom. The number of rotatable bonds is 4. The Morgan fingerprint density at radius 1 is 1.12 bits per heavy atom. The smallest absolute Gasteiger partial charge is 0.223 e. The topological polar surface area (TPSA) is 46.3 Å². The molecule has 1 saturated carbocycles. The number of carbonyl (C=O) groups is 1. The van der Waals surface area contributed by atoms with Crippen LogP contribution < -0.4 is 5.73 Å². The van der Waals surface area contributed by atoms with E-state index in [1.54, 1.807) is 0 Å². The highest BCUT2D eigenvalue weighted by atomic mass is 35.5. The molecule has 1 amide bonds. The number of likely N-dealkylation sites (tertiary alicyclic amines) is 1. The minimum absolute atomic E-state index is 0. The second-order valence-electron chi connectivity index (χ2n) is 7.57. The van der Waals surface area contributed by atoms with Crippen LogP contribution in [0, 0.1) is 11.8 Å². The summed E-state index contributed by atoms with van der Waals surface area (Å²) in [6, 6.07) is 11.2. The van der Waals surface area contributed by atoms with Crippen molar-refractivity contribution in [2.24, 2.45) is 17.6 Å². The average Bonchev–Trinajstić information content (AvgIpc) is 2.97. The molecule has 2 N–H and O–H groups in total. The Labute approximate surface area is 152 Å². The van der Waals surface area contributed by atoms with Crippen molar-refractivity contribution in [2.45, 2.75) is 57.4 Å². The maximum Gasteiger partial charge on any atom is 0.223 e. The molecule has 1 aromatic carbocycles. The van der Waals surface area contributed by atoms with Gasteiger partial charge in [-0.2, -0.15) is 0 Å². The van der Waals surface area contributed by atoms with Gasteiger partial charge in [0.05, 0.1) is 0 Å². The van der Waals surface area contributed by atoms with Crippen LogP contribution in [0.25, 0.3) is 0 Å². The number of nitrogens with two attached hydrogens (primary N) is 1. The van der Waals surface area contributed by atoms with Crippen molar-refractivity contribution in [1.29, 1.82) is 0 Å². The lowest BCUT2D eigenvalue weighted by atomic mass is 9.77. The Morgan fingerprint density at radius 2 is 1.79 bits per heavy atom. The van der Waals surface area contributed by atoms with Crippen LogP contribution in [0.1, 0.15) is 56.9 Å². The molecule has 3 rings (SSSR count). The van der Waals surface area contributed by atoms with Crippen LogP contribution in [-0.4, -0.2) is 29.9 Å². The third-order valence-corrected chi connectivity index (χ3v) is 5.90. The molecule has 134 valence electrons. The Kier molecular flexibility index (Phi) is 7.12. The van der Waals surface area contributed by atoms with Crippen molar-refractivity contribution in [3.05, 3.63) is 35.9 Å². The molecular weight excluding hydrogens is 320 g/mol.